The molecule has 0 bridgehead atoms. The Labute approximate surface area is 110 Å². The Morgan fingerprint density at radius 1 is 1.26 bits per heavy atom. The topological polar surface area (TPSA) is 92.5 Å². The SMILES string of the molecule is Cc1ccc(C)c2c1C(=O)C(=O)N2C(C)C(=O)NN. The lowest BCUT2D eigenvalue weighted by atomic mass is 10.0. The van der Waals surface area contributed by atoms with E-state index in [1.54, 1.807) is 19.9 Å². The van der Waals surface area contributed by atoms with Crippen molar-refractivity contribution in [1.29, 1.82) is 0 Å². The molecule has 2 rings (SSSR count). The van der Waals surface area contributed by atoms with Crippen LogP contribution in [0.3, 0.4) is 0 Å². The number of benzene rings is 1. The van der Waals surface area contributed by atoms with E-state index in [1.165, 1.54) is 11.8 Å². The molecule has 1 aromatic rings. The molecule has 6 heteroatoms. The minimum Gasteiger partial charge on any atom is -0.292 e. The van der Waals surface area contributed by atoms with Crippen molar-refractivity contribution in [1.82, 2.24) is 5.43 Å². The predicted molar refractivity (Wildman–Crippen MR) is 69.5 cm³/mol. The van der Waals surface area contributed by atoms with Gasteiger partial charge in [-0.15, -0.1) is 0 Å². The van der Waals surface area contributed by atoms with Crippen molar-refractivity contribution < 1.29 is 14.4 Å². The van der Waals surface area contributed by atoms with E-state index in [-0.39, 0.29) is 0 Å². The second-order valence-corrected chi connectivity index (χ2v) is 4.61. The summed E-state index contributed by atoms with van der Waals surface area (Å²) in [5.74, 6) is 3.30. The number of aryl methyl sites for hydroxylation is 2. The first-order valence-electron chi connectivity index (χ1n) is 5.88. The van der Waals surface area contributed by atoms with E-state index in [4.69, 9.17) is 5.84 Å². The van der Waals surface area contributed by atoms with E-state index >= 15 is 0 Å². The first-order valence-corrected chi connectivity index (χ1v) is 5.88. The van der Waals surface area contributed by atoms with Crippen LogP contribution in [0.15, 0.2) is 12.1 Å². The van der Waals surface area contributed by atoms with Crippen LogP contribution in [0.1, 0.15) is 28.4 Å². The number of carbonyl (C=O) groups excluding carboxylic acids is 3. The van der Waals surface area contributed by atoms with Gasteiger partial charge in [-0.2, -0.15) is 0 Å². The lowest BCUT2D eigenvalue weighted by Crippen LogP contribution is -2.49. The van der Waals surface area contributed by atoms with Crippen molar-refractivity contribution in [2.45, 2.75) is 26.8 Å². The Morgan fingerprint density at radius 2 is 1.84 bits per heavy atom. The van der Waals surface area contributed by atoms with Crippen molar-refractivity contribution in [3.8, 4) is 0 Å². The average Bonchev–Trinajstić information content (AvgIpc) is 2.66. The van der Waals surface area contributed by atoms with Crippen LogP contribution in [-0.4, -0.2) is 23.6 Å². The van der Waals surface area contributed by atoms with Crippen molar-refractivity contribution in [2.24, 2.45) is 5.84 Å². The van der Waals surface area contributed by atoms with Crippen LogP contribution in [0, 0.1) is 13.8 Å². The smallest absolute Gasteiger partial charge is 0.292 e. The molecule has 0 fully saturated rings. The van der Waals surface area contributed by atoms with Gasteiger partial charge in [0.25, 0.3) is 17.6 Å². The van der Waals surface area contributed by atoms with E-state index in [0.717, 1.165) is 11.1 Å². The van der Waals surface area contributed by atoms with E-state index < -0.39 is 23.6 Å². The lowest BCUT2D eigenvalue weighted by Gasteiger charge is -2.24. The quantitative estimate of drug-likeness (QED) is 0.344. The summed E-state index contributed by atoms with van der Waals surface area (Å²) in [5, 5.41) is 0. The van der Waals surface area contributed by atoms with Gasteiger partial charge in [0.05, 0.1) is 11.3 Å². The monoisotopic (exact) mass is 261 g/mol. The van der Waals surface area contributed by atoms with Gasteiger partial charge in [-0.25, -0.2) is 5.84 Å². The highest BCUT2D eigenvalue weighted by atomic mass is 16.2. The highest BCUT2D eigenvalue weighted by molar-refractivity contribution is 6.53. The van der Waals surface area contributed by atoms with Crippen LogP contribution in [-0.2, 0) is 9.59 Å². The maximum atomic E-state index is 12.1. The Balaban J connectivity index is 2.62. The number of fused-ring (bicyclic) bond motifs is 1. The van der Waals surface area contributed by atoms with Gasteiger partial charge in [0.2, 0.25) is 0 Å². The van der Waals surface area contributed by atoms with Crippen LogP contribution in [0.4, 0.5) is 5.69 Å². The van der Waals surface area contributed by atoms with E-state index in [9.17, 15) is 14.4 Å². The lowest BCUT2D eigenvalue weighted by molar-refractivity contribution is -0.124. The zero-order valence-corrected chi connectivity index (χ0v) is 11.0. The number of carbonyl (C=O) groups is 3. The van der Waals surface area contributed by atoms with Crippen LogP contribution in [0.25, 0.3) is 0 Å². The molecule has 3 N–H and O–H groups in total. The molecule has 0 radical (unpaired) electrons. The van der Waals surface area contributed by atoms with Gasteiger partial charge in [0.1, 0.15) is 6.04 Å². The number of rotatable bonds is 2. The zero-order valence-electron chi connectivity index (χ0n) is 11.0. The molecular formula is C13H15N3O3. The van der Waals surface area contributed by atoms with Gasteiger partial charge in [0.15, 0.2) is 0 Å². The summed E-state index contributed by atoms with van der Waals surface area (Å²) in [5.41, 5.74) is 4.38. The number of anilines is 1. The number of hydrogen-bond donors (Lipinski definition) is 2. The number of hydrazine groups is 1. The molecule has 0 aromatic heterocycles. The molecule has 0 spiro atoms. The van der Waals surface area contributed by atoms with Crippen LogP contribution in [0.2, 0.25) is 0 Å². The van der Waals surface area contributed by atoms with Crippen LogP contribution >= 0.6 is 0 Å². The van der Waals surface area contributed by atoms with Gasteiger partial charge in [-0.05, 0) is 31.9 Å². The third kappa shape index (κ3) is 1.80. The maximum Gasteiger partial charge on any atom is 0.300 e. The molecule has 2 amide bonds. The van der Waals surface area contributed by atoms with Crippen molar-refractivity contribution in [3.05, 3.63) is 28.8 Å². The summed E-state index contributed by atoms with van der Waals surface area (Å²) in [4.78, 5) is 37.0. The second-order valence-electron chi connectivity index (χ2n) is 4.61. The van der Waals surface area contributed by atoms with Gasteiger partial charge in [-0.3, -0.25) is 24.7 Å². The molecule has 1 aliphatic heterocycles. The Hall–Kier alpha value is -2.21. The van der Waals surface area contributed by atoms with Crippen molar-refractivity contribution >= 4 is 23.3 Å². The summed E-state index contributed by atoms with van der Waals surface area (Å²) in [6.45, 7) is 5.09. The minimum absolute atomic E-state index is 0.377. The molecule has 1 atom stereocenters. The minimum atomic E-state index is -0.830. The summed E-state index contributed by atoms with van der Waals surface area (Å²) in [6, 6.07) is 2.78. The van der Waals surface area contributed by atoms with Crippen LogP contribution in [0.5, 0.6) is 0 Å². The van der Waals surface area contributed by atoms with Gasteiger partial charge in [-0.1, -0.05) is 12.1 Å². The number of nitrogens with zero attached hydrogens (tertiary/aromatic N) is 1. The Morgan fingerprint density at radius 3 is 2.42 bits per heavy atom. The maximum absolute atomic E-state index is 12.1. The fraction of sp³-hybridized carbons (Fsp3) is 0.308. The van der Waals surface area contributed by atoms with E-state index in [1.807, 2.05) is 11.5 Å². The highest BCUT2D eigenvalue weighted by Gasteiger charge is 2.42. The van der Waals surface area contributed by atoms with E-state index in [0.29, 0.717) is 11.3 Å². The summed E-state index contributed by atoms with van der Waals surface area (Å²) in [6.07, 6.45) is 0. The largest absolute Gasteiger partial charge is 0.300 e. The molecular weight excluding hydrogens is 246 g/mol. The average molecular weight is 261 g/mol. The van der Waals surface area contributed by atoms with Gasteiger partial charge in [0, 0.05) is 0 Å². The Bertz CT molecular complexity index is 595. The number of hydrogen-bond acceptors (Lipinski definition) is 4. The highest BCUT2D eigenvalue weighted by Crippen LogP contribution is 2.35. The molecule has 0 saturated heterocycles. The number of amides is 2. The molecule has 6 nitrogen and oxygen atoms in total. The molecule has 0 saturated carbocycles. The summed E-state index contributed by atoms with van der Waals surface area (Å²) >= 11 is 0. The zero-order chi connectivity index (χ0) is 14.3. The molecule has 0 aliphatic carbocycles. The molecule has 1 aliphatic rings. The normalized spacial score (nSPS) is 15.5. The molecule has 1 unspecified atom stereocenters. The number of nitrogens with one attached hydrogen (secondary N) is 1. The fourth-order valence-electron chi connectivity index (χ4n) is 2.32. The molecule has 19 heavy (non-hydrogen) atoms. The number of Topliss-reactive ketones (excluding diaryl/α,β-unsaturated/α-hetero) is 1. The van der Waals surface area contributed by atoms with Gasteiger partial charge >= 0.3 is 0 Å². The fourth-order valence-corrected chi connectivity index (χ4v) is 2.32. The second kappa shape index (κ2) is 4.47. The molecule has 100 valence electrons. The van der Waals surface area contributed by atoms with E-state index in [2.05, 4.69) is 0 Å². The summed E-state index contributed by atoms with van der Waals surface area (Å²) < 4.78 is 0. The third-order valence-corrected chi connectivity index (χ3v) is 3.38. The summed E-state index contributed by atoms with van der Waals surface area (Å²) in [7, 11) is 0. The number of ketones is 1. The predicted octanol–water partition coefficient (Wildman–Crippen LogP) is 0.211. The van der Waals surface area contributed by atoms with Gasteiger partial charge < -0.3 is 0 Å². The first-order chi connectivity index (χ1) is 8.90. The Kier molecular flexibility index (Phi) is 3.11. The molecule has 1 aromatic carbocycles. The standard InChI is InChI=1S/C13H15N3O3/c1-6-4-5-7(2)10-9(6)11(17)13(19)16(10)8(3)12(18)15-14/h4-5,8H,14H2,1-3H3,(H,15,18). The number of nitrogens with two attached hydrogens (primary N) is 1. The third-order valence-electron chi connectivity index (χ3n) is 3.38. The first kappa shape index (κ1) is 13.2. The van der Waals surface area contributed by atoms with Crippen molar-refractivity contribution in [2.75, 3.05) is 4.90 Å². The molecule has 1 heterocycles. The van der Waals surface area contributed by atoms with Crippen LogP contribution < -0.4 is 16.2 Å². The van der Waals surface area contributed by atoms with Crippen molar-refractivity contribution in [3.63, 3.8) is 0 Å².